The van der Waals surface area contributed by atoms with Crippen LogP contribution in [0.2, 0.25) is 0 Å². The summed E-state index contributed by atoms with van der Waals surface area (Å²) in [6, 6.07) is 33.5. The normalized spacial score (nSPS) is 12.0. The molecule has 0 unspecified atom stereocenters. The fourth-order valence-electron chi connectivity index (χ4n) is 5.41. The minimum Gasteiger partial charge on any atom is -1.00 e. The SMILES string of the molecule is CC(C)(C)c1ccc2[cH-]c3ccc(C(C)(C)C)cc3c2c1.Cc1ccccc1C[C](=[Zr+2])Cc1ccccc1C.[C-]1=CC=CC1.[Cl-].[Cl-]. The van der Waals surface area contributed by atoms with Gasteiger partial charge in [0.25, 0.3) is 0 Å². The molecule has 1 aliphatic carbocycles. The first-order valence-corrected chi connectivity index (χ1v) is 17.1. The van der Waals surface area contributed by atoms with Crippen molar-refractivity contribution in [3.8, 4) is 0 Å². The van der Waals surface area contributed by atoms with Crippen LogP contribution in [0.25, 0.3) is 21.5 Å². The molecule has 0 heterocycles. The first-order chi connectivity index (χ1) is 20.8. The second kappa shape index (κ2) is 17.6. The molecule has 5 aromatic rings. The van der Waals surface area contributed by atoms with E-state index in [0.717, 1.165) is 19.3 Å². The molecular formula is C43H48Cl2Zr-2. The van der Waals surface area contributed by atoms with Crippen molar-refractivity contribution in [1.82, 2.24) is 0 Å². The van der Waals surface area contributed by atoms with Crippen molar-refractivity contribution in [2.45, 2.75) is 85.5 Å². The molecule has 0 N–H and O–H groups in total. The maximum atomic E-state index is 2.99. The van der Waals surface area contributed by atoms with E-state index in [4.69, 9.17) is 0 Å². The van der Waals surface area contributed by atoms with Crippen LogP contribution in [-0.2, 0) is 47.9 Å². The molecule has 1 aliphatic rings. The van der Waals surface area contributed by atoms with Crippen molar-refractivity contribution in [1.29, 1.82) is 0 Å². The predicted octanol–water partition coefficient (Wildman–Crippen LogP) is 5.43. The van der Waals surface area contributed by atoms with E-state index in [1.807, 2.05) is 12.2 Å². The van der Waals surface area contributed by atoms with Gasteiger partial charge in [-0.3, -0.25) is 6.08 Å². The van der Waals surface area contributed by atoms with Crippen LogP contribution in [0.3, 0.4) is 0 Å². The first-order valence-electron chi connectivity index (χ1n) is 15.8. The number of rotatable bonds is 4. The number of hydrogen-bond donors (Lipinski definition) is 0. The average molecular weight is 727 g/mol. The van der Waals surface area contributed by atoms with Gasteiger partial charge in [0.2, 0.25) is 0 Å². The summed E-state index contributed by atoms with van der Waals surface area (Å²) in [4.78, 5) is 0. The van der Waals surface area contributed by atoms with Gasteiger partial charge in [-0.05, 0) is 10.8 Å². The Morgan fingerprint density at radius 3 is 1.43 bits per heavy atom. The van der Waals surface area contributed by atoms with Crippen LogP contribution in [0.4, 0.5) is 0 Å². The summed E-state index contributed by atoms with van der Waals surface area (Å²) >= 11 is 1.56. The Morgan fingerprint density at radius 1 is 0.674 bits per heavy atom. The molecule has 0 atom stereocenters. The van der Waals surface area contributed by atoms with Crippen LogP contribution in [0.1, 0.15) is 81.3 Å². The largest absolute Gasteiger partial charge is 1.00 e. The minimum absolute atomic E-state index is 0. The number of allylic oxidation sites excluding steroid dienone is 4. The van der Waals surface area contributed by atoms with Crippen LogP contribution >= 0.6 is 0 Å². The van der Waals surface area contributed by atoms with Gasteiger partial charge in [0.1, 0.15) is 0 Å². The fourth-order valence-corrected chi connectivity index (χ4v) is 6.35. The Labute approximate surface area is 305 Å². The average Bonchev–Trinajstić information content (AvgIpc) is 3.66. The summed E-state index contributed by atoms with van der Waals surface area (Å²) in [7, 11) is 0. The molecule has 0 saturated carbocycles. The van der Waals surface area contributed by atoms with Gasteiger partial charge >= 0.3 is 125 Å². The number of aryl methyl sites for hydroxylation is 2. The zero-order valence-corrected chi connectivity index (χ0v) is 32.7. The van der Waals surface area contributed by atoms with Crippen molar-refractivity contribution in [2.24, 2.45) is 0 Å². The van der Waals surface area contributed by atoms with Crippen molar-refractivity contribution in [3.63, 3.8) is 0 Å². The summed E-state index contributed by atoms with van der Waals surface area (Å²) in [5.74, 6) is 0. The van der Waals surface area contributed by atoms with E-state index in [2.05, 4.69) is 159 Å². The van der Waals surface area contributed by atoms with Gasteiger partial charge < -0.3 is 24.8 Å². The van der Waals surface area contributed by atoms with Crippen LogP contribution in [0, 0.1) is 19.9 Å². The number of hydrogen-bond acceptors (Lipinski definition) is 0. The molecule has 0 aliphatic heterocycles. The smallest absolute Gasteiger partial charge is 0.109 e. The molecule has 0 amide bonds. The van der Waals surface area contributed by atoms with Gasteiger partial charge in [-0.15, -0.1) is 46.2 Å². The van der Waals surface area contributed by atoms with Crippen LogP contribution in [0.5, 0.6) is 0 Å². The third-order valence-corrected chi connectivity index (χ3v) is 9.22. The number of halogens is 2. The summed E-state index contributed by atoms with van der Waals surface area (Å²) in [5.41, 5.74) is 8.95. The Morgan fingerprint density at radius 2 is 1.11 bits per heavy atom. The van der Waals surface area contributed by atoms with Gasteiger partial charge in [0.15, 0.2) is 0 Å². The standard InChI is InChI=1S/C21H25.C17H18.C5H5.2ClH.Zr/c1-20(2,3)16-9-7-14-11-15-8-10-17(21(4,5)6)13-19(15)18(14)12-16;1-14-8-3-5-10-16(14)12-7-13-17-11-6-4-9-15(17)2;1-2-4-5-3-1;;;/h7-13H,1-6H3;3-6,8-11H,12-13H2,1-2H3;1-3H,4H2;2*1H;/q-1;;-1;;;+2/p-2. The zero-order valence-electron chi connectivity index (χ0n) is 28.8. The Kier molecular flexibility index (Phi) is 15.2. The topological polar surface area (TPSA) is 0 Å². The maximum absolute atomic E-state index is 2.99. The molecule has 3 heteroatoms. The van der Waals surface area contributed by atoms with Crippen LogP contribution in [-0.4, -0.2) is 3.21 Å². The molecule has 0 aromatic heterocycles. The zero-order chi connectivity index (χ0) is 31.9. The van der Waals surface area contributed by atoms with E-state index in [1.54, 1.807) is 27.4 Å². The van der Waals surface area contributed by atoms with Crippen molar-refractivity contribution in [3.05, 3.63) is 149 Å². The molecule has 46 heavy (non-hydrogen) atoms. The monoisotopic (exact) mass is 724 g/mol. The van der Waals surface area contributed by atoms with E-state index in [1.165, 1.54) is 54.9 Å². The van der Waals surface area contributed by atoms with Crippen LogP contribution < -0.4 is 24.8 Å². The number of fused-ring (bicyclic) bond motifs is 3. The van der Waals surface area contributed by atoms with Gasteiger partial charge in [-0.1, -0.05) is 76.9 Å². The van der Waals surface area contributed by atoms with E-state index < -0.39 is 0 Å². The van der Waals surface area contributed by atoms with E-state index in [-0.39, 0.29) is 35.6 Å². The number of benzene rings is 4. The summed E-state index contributed by atoms with van der Waals surface area (Å²) in [6.07, 6.45) is 12.2. The second-order valence-corrected chi connectivity index (χ2v) is 15.8. The quantitative estimate of drug-likeness (QED) is 0.217. The first kappa shape index (κ1) is 39.7. The van der Waals surface area contributed by atoms with Crippen molar-refractivity contribution < 1.29 is 49.0 Å². The van der Waals surface area contributed by atoms with Gasteiger partial charge in [-0.2, -0.15) is 6.08 Å². The molecule has 0 spiro atoms. The predicted molar refractivity (Wildman–Crippen MR) is 191 cm³/mol. The molecule has 0 nitrogen and oxygen atoms in total. The van der Waals surface area contributed by atoms with Crippen molar-refractivity contribution >= 4 is 24.8 Å². The Hall–Kier alpha value is -2.44. The van der Waals surface area contributed by atoms with E-state index in [0.29, 0.717) is 0 Å². The van der Waals surface area contributed by atoms with Gasteiger partial charge in [0.05, 0.1) is 0 Å². The van der Waals surface area contributed by atoms with Gasteiger partial charge in [-0.25, -0.2) is 12.2 Å². The Balaban J connectivity index is 0.000000270. The molecule has 5 aromatic carbocycles. The molecule has 0 fully saturated rings. The third kappa shape index (κ3) is 11.1. The molecular weight excluding hydrogens is 679 g/mol. The fraction of sp³-hybridized carbons (Fsp3) is 0.302. The third-order valence-electron chi connectivity index (χ3n) is 8.36. The summed E-state index contributed by atoms with van der Waals surface area (Å²) in [5, 5.41) is 5.49. The Bertz CT molecular complexity index is 1660. The van der Waals surface area contributed by atoms with Crippen molar-refractivity contribution in [2.75, 3.05) is 0 Å². The van der Waals surface area contributed by atoms with E-state index in [9.17, 15) is 0 Å². The molecule has 0 saturated heterocycles. The maximum Gasteiger partial charge on any atom is -0.109 e. The van der Waals surface area contributed by atoms with Gasteiger partial charge in [0, 0.05) is 0 Å². The summed E-state index contributed by atoms with van der Waals surface area (Å²) < 4.78 is 1.62. The minimum atomic E-state index is 0. The van der Waals surface area contributed by atoms with Crippen LogP contribution in [0.15, 0.2) is 109 Å². The molecule has 6 rings (SSSR count). The van der Waals surface area contributed by atoms with E-state index >= 15 is 0 Å². The summed E-state index contributed by atoms with van der Waals surface area (Å²) in [6.45, 7) is 18.1. The second-order valence-electron chi connectivity index (χ2n) is 14.1. The molecule has 240 valence electrons. The molecule has 0 radical (unpaired) electrons. The molecule has 0 bridgehead atoms.